The summed E-state index contributed by atoms with van der Waals surface area (Å²) in [5.74, 6) is 0.130. The molecule has 1 amide bonds. The molecule has 0 atom stereocenters. The number of nitrogens with one attached hydrogen (secondary N) is 2. The number of hydrogen-bond donors (Lipinski definition) is 2. The van der Waals surface area contributed by atoms with Gasteiger partial charge in [-0.05, 0) is 29.8 Å². The average molecular weight is 336 g/mol. The summed E-state index contributed by atoms with van der Waals surface area (Å²) in [5.41, 5.74) is 3.40. The number of carbonyl (C=O) groups is 1. The van der Waals surface area contributed by atoms with Gasteiger partial charge in [-0.1, -0.05) is 24.3 Å². The number of aromatic nitrogens is 2. The maximum atomic E-state index is 12.6. The third-order valence-corrected chi connectivity index (χ3v) is 4.69. The average Bonchev–Trinajstić information content (AvgIpc) is 3.02. The first kappa shape index (κ1) is 15.5. The molecule has 128 valence electrons. The topological polar surface area (TPSA) is 72.2 Å². The van der Waals surface area contributed by atoms with E-state index in [-0.39, 0.29) is 11.6 Å². The number of rotatable bonds is 3. The third-order valence-electron chi connectivity index (χ3n) is 4.69. The second-order valence-corrected chi connectivity index (χ2v) is 6.34. The van der Waals surface area contributed by atoms with Gasteiger partial charge in [0, 0.05) is 31.9 Å². The van der Waals surface area contributed by atoms with Crippen molar-refractivity contribution in [1.29, 1.82) is 0 Å². The Labute approximate surface area is 145 Å². The lowest BCUT2D eigenvalue weighted by atomic mass is 10.1. The minimum absolute atomic E-state index is 0.130. The molecule has 4 rings (SSSR count). The molecule has 0 spiro atoms. The van der Waals surface area contributed by atoms with E-state index in [1.165, 1.54) is 5.69 Å². The second-order valence-electron chi connectivity index (χ2n) is 6.34. The maximum Gasteiger partial charge on any atom is 0.323 e. The molecule has 6 heteroatoms. The fourth-order valence-electron chi connectivity index (χ4n) is 3.33. The van der Waals surface area contributed by atoms with Gasteiger partial charge in [-0.25, -0.2) is 4.79 Å². The van der Waals surface area contributed by atoms with Crippen LogP contribution in [0.4, 0.5) is 5.69 Å². The molecular weight excluding hydrogens is 316 g/mol. The predicted octanol–water partition coefficient (Wildman–Crippen LogP) is 1.75. The summed E-state index contributed by atoms with van der Waals surface area (Å²) in [6, 6.07) is 15.9. The van der Waals surface area contributed by atoms with Crippen LogP contribution in [-0.2, 0) is 11.2 Å². The Bertz CT molecular complexity index is 937. The summed E-state index contributed by atoms with van der Waals surface area (Å²) in [7, 11) is 0. The summed E-state index contributed by atoms with van der Waals surface area (Å²) >= 11 is 0. The van der Waals surface area contributed by atoms with Crippen LogP contribution in [-0.4, -0.2) is 47.0 Å². The van der Waals surface area contributed by atoms with E-state index in [2.05, 4.69) is 27.0 Å². The van der Waals surface area contributed by atoms with Crippen molar-refractivity contribution in [2.75, 3.05) is 31.1 Å². The second kappa shape index (κ2) is 6.47. The quantitative estimate of drug-likeness (QED) is 0.765. The van der Waals surface area contributed by atoms with E-state index in [4.69, 9.17) is 0 Å². The fourth-order valence-corrected chi connectivity index (χ4v) is 3.33. The third kappa shape index (κ3) is 3.28. The largest absolute Gasteiger partial charge is 0.368 e. The fraction of sp³-hybridized carbons (Fsp3) is 0.263. The van der Waals surface area contributed by atoms with Crippen LogP contribution in [0.1, 0.15) is 5.56 Å². The summed E-state index contributed by atoms with van der Waals surface area (Å²) < 4.78 is 0. The molecule has 3 aromatic rings. The predicted molar refractivity (Wildman–Crippen MR) is 97.9 cm³/mol. The van der Waals surface area contributed by atoms with Crippen LogP contribution in [0.3, 0.4) is 0 Å². The van der Waals surface area contributed by atoms with Crippen LogP contribution in [0.25, 0.3) is 11.0 Å². The van der Waals surface area contributed by atoms with E-state index in [0.29, 0.717) is 6.42 Å². The summed E-state index contributed by atoms with van der Waals surface area (Å²) in [5, 5.41) is 0. The van der Waals surface area contributed by atoms with Crippen molar-refractivity contribution in [3.8, 4) is 0 Å². The number of para-hydroxylation sites is 1. The van der Waals surface area contributed by atoms with Crippen molar-refractivity contribution in [3.63, 3.8) is 0 Å². The number of fused-ring (bicyclic) bond motifs is 1. The Morgan fingerprint density at radius 3 is 2.40 bits per heavy atom. The first-order chi connectivity index (χ1) is 12.2. The highest BCUT2D eigenvalue weighted by Gasteiger charge is 2.21. The van der Waals surface area contributed by atoms with E-state index >= 15 is 0 Å². The zero-order valence-corrected chi connectivity index (χ0v) is 13.9. The Morgan fingerprint density at radius 2 is 1.64 bits per heavy atom. The Balaban J connectivity index is 1.39. The monoisotopic (exact) mass is 336 g/mol. The SMILES string of the molecule is O=C(Cc1ccc2[nH]c(=O)[nH]c2c1)N1CCN(c2ccccc2)CC1. The van der Waals surface area contributed by atoms with Gasteiger partial charge in [0.1, 0.15) is 0 Å². The number of carbonyl (C=O) groups excluding carboxylic acids is 1. The lowest BCUT2D eigenvalue weighted by Gasteiger charge is -2.36. The molecule has 1 aliphatic rings. The molecular formula is C19H20N4O2. The van der Waals surface area contributed by atoms with Crippen molar-refractivity contribution in [1.82, 2.24) is 14.9 Å². The van der Waals surface area contributed by atoms with Crippen molar-refractivity contribution in [3.05, 3.63) is 64.6 Å². The molecule has 25 heavy (non-hydrogen) atoms. The first-order valence-corrected chi connectivity index (χ1v) is 8.48. The number of amides is 1. The van der Waals surface area contributed by atoms with Crippen LogP contribution in [0.15, 0.2) is 53.3 Å². The van der Waals surface area contributed by atoms with Crippen molar-refractivity contribution in [2.24, 2.45) is 0 Å². The number of hydrogen-bond acceptors (Lipinski definition) is 3. The molecule has 2 N–H and O–H groups in total. The van der Waals surface area contributed by atoms with Crippen LogP contribution in [0.2, 0.25) is 0 Å². The molecule has 0 radical (unpaired) electrons. The van der Waals surface area contributed by atoms with Crippen molar-refractivity contribution in [2.45, 2.75) is 6.42 Å². The van der Waals surface area contributed by atoms with E-state index in [1.54, 1.807) is 0 Å². The summed E-state index contributed by atoms with van der Waals surface area (Å²) in [4.78, 5) is 33.6. The van der Waals surface area contributed by atoms with Gasteiger partial charge < -0.3 is 19.8 Å². The smallest absolute Gasteiger partial charge is 0.323 e. The lowest BCUT2D eigenvalue weighted by molar-refractivity contribution is -0.130. The van der Waals surface area contributed by atoms with E-state index in [1.807, 2.05) is 41.3 Å². The zero-order chi connectivity index (χ0) is 17.2. The molecule has 0 unspecified atom stereocenters. The number of nitrogens with zero attached hydrogens (tertiary/aromatic N) is 2. The molecule has 1 aromatic heterocycles. The molecule has 1 aliphatic heterocycles. The van der Waals surface area contributed by atoms with Crippen molar-refractivity contribution >= 4 is 22.6 Å². The minimum atomic E-state index is -0.226. The molecule has 0 aliphatic carbocycles. The number of anilines is 1. The van der Waals surface area contributed by atoms with Gasteiger partial charge in [0.05, 0.1) is 17.5 Å². The molecule has 2 heterocycles. The highest BCUT2D eigenvalue weighted by atomic mass is 16.2. The standard InChI is InChI=1S/C19H20N4O2/c24-18(13-14-6-7-16-17(12-14)21-19(25)20-16)23-10-8-22(9-11-23)15-4-2-1-3-5-15/h1-7,12H,8-11,13H2,(H2,20,21,25). The Morgan fingerprint density at radius 1 is 0.920 bits per heavy atom. The minimum Gasteiger partial charge on any atom is -0.368 e. The number of piperazine rings is 1. The van der Waals surface area contributed by atoms with Gasteiger partial charge in [-0.15, -0.1) is 0 Å². The number of H-pyrrole nitrogens is 2. The molecule has 0 saturated carbocycles. The molecule has 0 bridgehead atoms. The van der Waals surface area contributed by atoms with Crippen LogP contribution in [0.5, 0.6) is 0 Å². The number of benzene rings is 2. The number of aromatic amines is 2. The highest BCUT2D eigenvalue weighted by Crippen LogP contribution is 2.17. The molecule has 1 fully saturated rings. The normalized spacial score (nSPS) is 14.9. The zero-order valence-electron chi connectivity index (χ0n) is 13.9. The van der Waals surface area contributed by atoms with Gasteiger partial charge in [0.15, 0.2) is 0 Å². The van der Waals surface area contributed by atoms with Gasteiger partial charge in [0.25, 0.3) is 0 Å². The van der Waals surface area contributed by atoms with Crippen molar-refractivity contribution < 1.29 is 4.79 Å². The first-order valence-electron chi connectivity index (χ1n) is 8.48. The molecule has 6 nitrogen and oxygen atoms in total. The van der Waals surface area contributed by atoms with Crippen LogP contribution < -0.4 is 10.6 Å². The lowest BCUT2D eigenvalue weighted by Crippen LogP contribution is -2.49. The van der Waals surface area contributed by atoms with Gasteiger partial charge in [0.2, 0.25) is 5.91 Å². The maximum absolute atomic E-state index is 12.6. The highest BCUT2D eigenvalue weighted by molar-refractivity contribution is 5.81. The van der Waals surface area contributed by atoms with E-state index in [0.717, 1.165) is 42.8 Å². The Hall–Kier alpha value is -3.02. The van der Waals surface area contributed by atoms with E-state index in [9.17, 15) is 9.59 Å². The number of imidazole rings is 1. The Kier molecular flexibility index (Phi) is 4.01. The van der Waals surface area contributed by atoms with Crippen LogP contribution >= 0.6 is 0 Å². The summed E-state index contributed by atoms with van der Waals surface area (Å²) in [6.07, 6.45) is 0.356. The van der Waals surface area contributed by atoms with Gasteiger partial charge in [-0.3, -0.25) is 4.79 Å². The van der Waals surface area contributed by atoms with Crippen LogP contribution in [0, 0.1) is 0 Å². The summed E-state index contributed by atoms with van der Waals surface area (Å²) in [6.45, 7) is 3.16. The van der Waals surface area contributed by atoms with Gasteiger partial charge >= 0.3 is 5.69 Å². The molecule has 2 aromatic carbocycles. The molecule has 1 saturated heterocycles. The van der Waals surface area contributed by atoms with E-state index < -0.39 is 0 Å². The van der Waals surface area contributed by atoms with Gasteiger partial charge in [-0.2, -0.15) is 0 Å².